The van der Waals surface area contributed by atoms with E-state index < -0.39 is 0 Å². The van der Waals surface area contributed by atoms with Crippen LogP contribution in [0.5, 0.6) is 0 Å². The molecule has 0 spiro atoms. The lowest BCUT2D eigenvalue weighted by Gasteiger charge is -2.23. The third kappa shape index (κ3) is 1.62. The summed E-state index contributed by atoms with van der Waals surface area (Å²) in [6, 6.07) is 6.95. The molecule has 0 bridgehead atoms. The Morgan fingerprint density at radius 2 is 2.00 bits per heavy atom. The Labute approximate surface area is 89.4 Å². The number of halogens is 1. The lowest BCUT2D eigenvalue weighted by atomic mass is 9.92. The lowest BCUT2D eigenvalue weighted by Crippen LogP contribution is -2.21. The Hall–Kier alpha value is -1.38. The van der Waals surface area contributed by atoms with E-state index in [0.29, 0.717) is 0 Å². The minimum Gasteiger partial charge on any atom is -0.292 e. The minimum atomic E-state index is -0.147. The van der Waals surface area contributed by atoms with E-state index in [2.05, 4.69) is 12.0 Å². The summed E-state index contributed by atoms with van der Waals surface area (Å²) in [4.78, 5) is 0. The number of hydrogen-bond donors (Lipinski definition) is 0. The zero-order chi connectivity index (χ0) is 11.0. The predicted octanol–water partition coefficient (Wildman–Crippen LogP) is 2.82. The van der Waals surface area contributed by atoms with Gasteiger partial charge in [0.1, 0.15) is 5.82 Å². The first-order chi connectivity index (χ1) is 7.11. The fourth-order valence-corrected chi connectivity index (χ4v) is 2.14. The molecule has 80 valence electrons. The standard InChI is InChI=1S/C12H15FN2/c1-8-9(2)14-15(3)12(8)10-6-4-5-7-11(10)13/h4-8,12H,1-3H3. The van der Waals surface area contributed by atoms with Gasteiger partial charge in [0, 0.05) is 24.2 Å². The van der Waals surface area contributed by atoms with Crippen LogP contribution in [0.1, 0.15) is 25.5 Å². The van der Waals surface area contributed by atoms with Crippen LogP contribution in [0, 0.1) is 11.7 Å². The number of hydrazone groups is 1. The van der Waals surface area contributed by atoms with Crippen LogP contribution in [-0.2, 0) is 0 Å². The molecule has 0 aromatic heterocycles. The van der Waals surface area contributed by atoms with Crippen molar-refractivity contribution in [2.24, 2.45) is 11.0 Å². The highest BCUT2D eigenvalue weighted by molar-refractivity contribution is 5.86. The van der Waals surface area contributed by atoms with Gasteiger partial charge in [0.05, 0.1) is 6.04 Å². The van der Waals surface area contributed by atoms with Gasteiger partial charge in [0.25, 0.3) is 0 Å². The maximum atomic E-state index is 13.6. The molecule has 0 radical (unpaired) electrons. The van der Waals surface area contributed by atoms with Crippen LogP contribution < -0.4 is 0 Å². The van der Waals surface area contributed by atoms with E-state index in [4.69, 9.17) is 0 Å². The van der Waals surface area contributed by atoms with E-state index in [1.807, 2.05) is 31.1 Å². The van der Waals surface area contributed by atoms with Gasteiger partial charge in [-0.15, -0.1) is 0 Å². The molecule has 1 aliphatic rings. The van der Waals surface area contributed by atoms with Crippen molar-refractivity contribution in [3.8, 4) is 0 Å². The van der Waals surface area contributed by atoms with E-state index in [9.17, 15) is 4.39 Å². The molecule has 0 aliphatic carbocycles. The quantitative estimate of drug-likeness (QED) is 0.690. The number of hydrogen-bond acceptors (Lipinski definition) is 2. The summed E-state index contributed by atoms with van der Waals surface area (Å²) in [5.74, 6) is 0.123. The van der Waals surface area contributed by atoms with Crippen LogP contribution >= 0.6 is 0 Å². The van der Waals surface area contributed by atoms with Gasteiger partial charge in [-0.3, -0.25) is 5.01 Å². The van der Waals surface area contributed by atoms with E-state index in [1.165, 1.54) is 6.07 Å². The van der Waals surface area contributed by atoms with Gasteiger partial charge >= 0.3 is 0 Å². The average Bonchev–Trinajstić information content (AvgIpc) is 2.43. The molecule has 2 atom stereocenters. The normalized spacial score (nSPS) is 25.6. The van der Waals surface area contributed by atoms with Crippen molar-refractivity contribution in [2.45, 2.75) is 19.9 Å². The summed E-state index contributed by atoms with van der Waals surface area (Å²) in [6.45, 7) is 4.07. The molecule has 1 aromatic rings. The van der Waals surface area contributed by atoms with Gasteiger partial charge in [-0.2, -0.15) is 5.10 Å². The molecule has 0 saturated carbocycles. The monoisotopic (exact) mass is 206 g/mol. The van der Waals surface area contributed by atoms with Gasteiger partial charge in [-0.05, 0) is 13.0 Å². The number of benzene rings is 1. The van der Waals surface area contributed by atoms with Crippen LogP contribution in [0.3, 0.4) is 0 Å². The molecule has 1 heterocycles. The van der Waals surface area contributed by atoms with Crippen molar-refractivity contribution in [3.05, 3.63) is 35.6 Å². The molecule has 15 heavy (non-hydrogen) atoms. The zero-order valence-corrected chi connectivity index (χ0v) is 9.24. The third-order valence-corrected chi connectivity index (χ3v) is 3.07. The third-order valence-electron chi connectivity index (χ3n) is 3.07. The smallest absolute Gasteiger partial charge is 0.128 e. The highest BCUT2D eigenvalue weighted by Gasteiger charge is 2.32. The maximum absolute atomic E-state index is 13.6. The zero-order valence-electron chi connectivity index (χ0n) is 9.24. The first-order valence-electron chi connectivity index (χ1n) is 5.13. The lowest BCUT2D eigenvalue weighted by molar-refractivity contribution is 0.251. The van der Waals surface area contributed by atoms with Crippen LogP contribution in [0.25, 0.3) is 0 Å². The van der Waals surface area contributed by atoms with Gasteiger partial charge in [0.15, 0.2) is 0 Å². The Balaban J connectivity index is 2.38. The molecule has 0 saturated heterocycles. The highest BCUT2D eigenvalue weighted by atomic mass is 19.1. The van der Waals surface area contributed by atoms with Crippen molar-refractivity contribution in [1.29, 1.82) is 0 Å². The summed E-state index contributed by atoms with van der Waals surface area (Å²) in [6.07, 6.45) is 0. The second kappa shape index (κ2) is 3.65. The first-order valence-corrected chi connectivity index (χ1v) is 5.13. The van der Waals surface area contributed by atoms with Crippen LogP contribution in [0.2, 0.25) is 0 Å². The van der Waals surface area contributed by atoms with Crippen LogP contribution in [0.4, 0.5) is 4.39 Å². The van der Waals surface area contributed by atoms with Gasteiger partial charge in [0.2, 0.25) is 0 Å². The number of nitrogens with zero attached hydrogens (tertiary/aromatic N) is 2. The minimum absolute atomic E-state index is 0.0335. The topological polar surface area (TPSA) is 15.6 Å². The summed E-state index contributed by atoms with van der Waals surface area (Å²) < 4.78 is 13.6. The molecular formula is C12H15FN2. The van der Waals surface area contributed by atoms with E-state index in [0.717, 1.165) is 11.3 Å². The van der Waals surface area contributed by atoms with Gasteiger partial charge in [-0.1, -0.05) is 25.1 Å². The summed E-state index contributed by atoms with van der Waals surface area (Å²) >= 11 is 0. The number of rotatable bonds is 1. The van der Waals surface area contributed by atoms with E-state index in [1.54, 1.807) is 6.07 Å². The van der Waals surface area contributed by atoms with Crippen molar-refractivity contribution in [2.75, 3.05) is 7.05 Å². The Bertz CT molecular complexity index is 400. The fraction of sp³-hybridized carbons (Fsp3) is 0.417. The molecule has 0 amide bonds. The molecule has 2 nitrogen and oxygen atoms in total. The average molecular weight is 206 g/mol. The van der Waals surface area contributed by atoms with Crippen molar-refractivity contribution in [1.82, 2.24) is 5.01 Å². The SMILES string of the molecule is CC1=NN(C)C(c2ccccc2F)C1C. The van der Waals surface area contributed by atoms with Gasteiger partial charge in [-0.25, -0.2) is 4.39 Å². The van der Waals surface area contributed by atoms with Crippen molar-refractivity contribution < 1.29 is 4.39 Å². The van der Waals surface area contributed by atoms with Gasteiger partial charge < -0.3 is 0 Å². The Kier molecular flexibility index (Phi) is 2.47. The molecule has 1 aliphatic heterocycles. The Morgan fingerprint density at radius 3 is 2.53 bits per heavy atom. The first kappa shape index (κ1) is 10.1. The fourth-order valence-electron chi connectivity index (χ4n) is 2.14. The van der Waals surface area contributed by atoms with Crippen LogP contribution in [0.15, 0.2) is 29.4 Å². The molecule has 2 rings (SSSR count). The Morgan fingerprint density at radius 1 is 1.33 bits per heavy atom. The maximum Gasteiger partial charge on any atom is 0.128 e. The largest absolute Gasteiger partial charge is 0.292 e. The highest BCUT2D eigenvalue weighted by Crippen LogP contribution is 2.34. The molecule has 1 aromatic carbocycles. The van der Waals surface area contributed by atoms with Crippen molar-refractivity contribution in [3.63, 3.8) is 0 Å². The molecule has 2 unspecified atom stereocenters. The second-order valence-electron chi connectivity index (χ2n) is 4.07. The van der Waals surface area contributed by atoms with E-state index >= 15 is 0 Å². The summed E-state index contributed by atoms with van der Waals surface area (Å²) in [7, 11) is 1.89. The molecular weight excluding hydrogens is 191 g/mol. The summed E-state index contributed by atoms with van der Waals surface area (Å²) in [5.41, 5.74) is 1.79. The second-order valence-corrected chi connectivity index (χ2v) is 4.07. The molecule has 3 heteroatoms. The molecule has 0 fully saturated rings. The predicted molar refractivity (Wildman–Crippen MR) is 59.2 cm³/mol. The van der Waals surface area contributed by atoms with Crippen LogP contribution in [-0.4, -0.2) is 17.8 Å². The summed E-state index contributed by atoms with van der Waals surface area (Å²) in [5, 5.41) is 6.20. The molecule has 0 N–H and O–H groups in total. The van der Waals surface area contributed by atoms with Crippen molar-refractivity contribution >= 4 is 5.71 Å². The van der Waals surface area contributed by atoms with E-state index in [-0.39, 0.29) is 17.8 Å².